The van der Waals surface area contributed by atoms with Crippen LogP contribution in [0.5, 0.6) is 5.75 Å². The topological polar surface area (TPSA) is 52.5 Å². The molecule has 19 heavy (non-hydrogen) atoms. The van der Waals surface area contributed by atoms with Crippen LogP contribution in [0.2, 0.25) is 0 Å². The molecule has 3 aromatic heterocycles. The molecular weight excluding hydrogens is 258 g/mol. The molecule has 0 aliphatic heterocycles. The summed E-state index contributed by atoms with van der Waals surface area (Å²) in [6.45, 7) is 4.18. The summed E-state index contributed by atoms with van der Waals surface area (Å²) in [5, 5.41) is 0. The number of nitrogen functional groups attached to an aromatic ring is 1. The van der Waals surface area contributed by atoms with Gasteiger partial charge in [0.2, 0.25) is 0 Å². The summed E-state index contributed by atoms with van der Waals surface area (Å²) in [5.74, 6) is 1.37. The highest BCUT2D eigenvalue weighted by atomic mass is 32.1. The molecule has 0 atom stereocenters. The molecule has 3 heterocycles. The standard InChI is InChI=1S/C14H15N3OS/c1-8-7-10(9(2)19-8)12-13(15)17-6-4-5-11(18-3)14(17)16-12/h4-7H,15H2,1-3H3. The summed E-state index contributed by atoms with van der Waals surface area (Å²) in [5.41, 5.74) is 8.90. The SMILES string of the molecule is COc1cccn2c(N)c(-c3cc(C)sc3C)nc12. The molecule has 0 aromatic carbocycles. The van der Waals surface area contributed by atoms with Crippen LogP contribution in [0.1, 0.15) is 9.75 Å². The first-order valence-electron chi connectivity index (χ1n) is 5.99. The number of nitrogens with two attached hydrogens (primary N) is 1. The van der Waals surface area contributed by atoms with Gasteiger partial charge in [-0.05, 0) is 32.0 Å². The fourth-order valence-electron chi connectivity index (χ4n) is 2.28. The van der Waals surface area contributed by atoms with Crippen molar-refractivity contribution in [3.63, 3.8) is 0 Å². The molecule has 5 heteroatoms. The van der Waals surface area contributed by atoms with Crippen molar-refractivity contribution in [1.82, 2.24) is 9.38 Å². The molecule has 98 valence electrons. The molecule has 0 aliphatic rings. The van der Waals surface area contributed by atoms with Gasteiger partial charge in [0.15, 0.2) is 11.4 Å². The van der Waals surface area contributed by atoms with Gasteiger partial charge in [-0.25, -0.2) is 4.98 Å². The maximum atomic E-state index is 6.22. The Hall–Kier alpha value is -2.01. The number of hydrogen-bond acceptors (Lipinski definition) is 4. The van der Waals surface area contributed by atoms with E-state index >= 15 is 0 Å². The van der Waals surface area contributed by atoms with Crippen molar-refractivity contribution in [2.45, 2.75) is 13.8 Å². The minimum absolute atomic E-state index is 0.648. The number of nitrogens with zero attached hydrogens (tertiary/aromatic N) is 2. The van der Waals surface area contributed by atoms with Gasteiger partial charge in [0.25, 0.3) is 0 Å². The maximum Gasteiger partial charge on any atom is 0.181 e. The van der Waals surface area contributed by atoms with E-state index in [1.807, 2.05) is 22.7 Å². The van der Waals surface area contributed by atoms with Crippen LogP contribution in [0, 0.1) is 13.8 Å². The molecule has 0 unspecified atom stereocenters. The quantitative estimate of drug-likeness (QED) is 0.779. The number of methoxy groups -OCH3 is 1. The molecule has 0 saturated carbocycles. The first kappa shape index (κ1) is 12.0. The van der Waals surface area contributed by atoms with Crippen LogP contribution in [0.25, 0.3) is 16.9 Å². The summed E-state index contributed by atoms with van der Waals surface area (Å²) >= 11 is 1.76. The van der Waals surface area contributed by atoms with Gasteiger partial charge in [0.05, 0.1) is 7.11 Å². The number of hydrogen-bond donors (Lipinski definition) is 1. The summed E-state index contributed by atoms with van der Waals surface area (Å²) in [7, 11) is 1.64. The zero-order valence-corrected chi connectivity index (χ0v) is 11.9. The van der Waals surface area contributed by atoms with Crippen LogP contribution >= 0.6 is 11.3 Å². The Morgan fingerprint density at radius 3 is 2.79 bits per heavy atom. The number of rotatable bonds is 2. The molecule has 0 aliphatic carbocycles. The zero-order valence-electron chi connectivity index (χ0n) is 11.1. The van der Waals surface area contributed by atoms with E-state index in [0.717, 1.165) is 22.7 Å². The van der Waals surface area contributed by atoms with E-state index in [0.29, 0.717) is 5.82 Å². The Kier molecular flexibility index (Phi) is 2.71. The molecule has 0 radical (unpaired) electrons. The smallest absolute Gasteiger partial charge is 0.181 e. The third-order valence-corrected chi connectivity index (χ3v) is 4.13. The largest absolute Gasteiger partial charge is 0.493 e. The number of ether oxygens (including phenoxy) is 1. The van der Waals surface area contributed by atoms with Crippen LogP contribution in [0.4, 0.5) is 5.82 Å². The Morgan fingerprint density at radius 2 is 2.16 bits per heavy atom. The Labute approximate surface area is 115 Å². The van der Waals surface area contributed by atoms with Crippen LogP contribution in [0.3, 0.4) is 0 Å². The predicted molar refractivity (Wildman–Crippen MR) is 78.9 cm³/mol. The third kappa shape index (κ3) is 1.77. The van der Waals surface area contributed by atoms with Gasteiger partial charge in [-0.2, -0.15) is 0 Å². The molecule has 0 saturated heterocycles. The minimum Gasteiger partial charge on any atom is -0.493 e. The second kappa shape index (κ2) is 4.28. The van der Waals surface area contributed by atoms with Crippen molar-refractivity contribution in [3.05, 3.63) is 34.2 Å². The molecule has 0 bridgehead atoms. The third-order valence-electron chi connectivity index (χ3n) is 3.17. The van der Waals surface area contributed by atoms with E-state index in [2.05, 4.69) is 24.9 Å². The Morgan fingerprint density at radius 1 is 1.37 bits per heavy atom. The number of pyridine rings is 1. The number of fused-ring (bicyclic) bond motifs is 1. The lowest BCUT2D eigenvalue weighted by Crippen LogP contribution is -1.95. The van der Waals surface area contributed by atoms with Crippen LogP contribution < -0.4 is 10.5 Å². The van der Waals surface area contributed by atoms with E-state index in [4.69, 9.17) is 10.5 Å². The summed E-state index contributed by atoms with van der Waals surface area (Å²) in [6.07, 6.45) is 1.90. The highest BCUT2D eigenvalue weighted by molar-refractivity contribution is 7.12. The first-order chi connectivity index (χ1) is 9.11. The summed E-state index contributed by atoms with van der Waals surface area (Å²) in [6, 6.07) is 5.92. The van der Waals surface area contributed by atoms with Gasteiger partial charge < -0.3 is 10.5 Å². The normalized spacial score (nSPS) is 11.1. The van der Waals surface area contributed by atoms with Crippen molar-refractivity contribution < 1.29 is 4.74 Å². The highest BCUT2D eigenvalue weighted by Gasteiger charge is 2.16. The Bertz CT molecular complexity index is 757. The lowest BCUT2D eigenvalue weighted by molar-refractivity contribution is 0.417. The van der Waals surface area contributed by atoms with Crippen molar-refractivity contribution in [3.8, 4) is 17.0 Å². The average molecular weight is 273 g/mol. The number of aryl methyl sites for hydroxylation is 2. The van der Waals surface area contributed by atoms with E-state index in [1.165, 1.54) is 9.75 Å². The molecule has 3 rings (SSSR count). The maximum absolute atomic E-state index is 6.22. The zero-order chi connectivity index (χ0) is 13.6. The molecular formula is C14H15N3OS. The van der Waals surface area contributed by atoms with Crippen molar-refractivity contribution in [2.75, 3.05) is 12.8 Å². The average Bonchev–Trinajstić information content (AvgIpc) is 2.90. The number of thiophene rings is 1. The molecule has 0 spiro atoms. The van der Waals surface area contributed by atoms with E-state index in [9.17, 15) is 0 Å². The van der Waals surface area contributed by atoms with Crippen LogP contribution in [-0.4, -0.2) is 16.5 Å². The van der Waals surface area contributed by atoms with Crippen molar-refractivity contribution in [2.24, 2.45) is 0 Å². The molecule has 0 fully saturated rings. The predicted octanol–water partition coefficient (Wildman–Crippen LogP) is 3.27. The Balaban J connectivity index is 2.31. The minimum atomic E-state index is 0.648. The van der Waals surface area contributed by atoms with Gasteiger partial charge in [0.1, 0.15) is 11.5 Å². The molecule has 4 nitrogen and oxygen atoms in total. The van der Waals surface area contributed by atoms with Gasteiger partial charge >= 0.3 is 0 Å². The van der Waals surface area contributed by atoms with Gasteiger partial charge in [-0.15, -0.1) is 11.3 Å². The molecule has 3 aromatic rings. The molecule has 0 amide bonds. The van der Waals surface area contributed by atoms with Gasteiger partial charge in [-0.3, -0.25) is 4.40 Å². The van der Waals surface area contributed by atoms with Gasteiger partial charge in [0, 0.05) is 21.5 Å². The monoisotopic (exact) mass is 273 g/mol. The van der Waals surface area contributed by atoms with E-state index in [-0.39, 0.29) is 0 Å². The fraction of sp³-hybridized carbons (Fsp3) is 0.214. The van der Waals surface area contributed by atoms with Crippen molar-refractivity contribution in [1.29, 1.82) is 0 Å². The fourth-order valence-corrected chi connectivity index (χ4v) is 3.21. The lowest BCUT2D eigenvalue weighted by atomic mass is 10.2. The van der Waals surface area contributed by atoms with Crippen LogP contribution in [0.15, 0.2) is 24.4 Å². The highest BCUT2D eigenvalue weighted by Crippen LogP contribution is 2.35. The first-order valence-corrected chi connectivity index (χ1v) is 6.81. The number of imidazole rings is 1. The summed E-state index contributed by atoms with van der Waals surface area (Å²) in [4.78, 5) is 7.14. The second-order valence-corrected chi connectivity index (χ2v) is 5.90. The second-order valence-electron chi connectivity index (χ2n) is 4.44. The molecule has 2 N–H and O–H groups in total. The van der Waals surface area contributed by atoms with Crippen molar-refractivity contribution >= 4 is 22.8 Å². The van der Waals surface area contributed by atoms with Crippen LogP contribution in [-0.2, 0) is 0 Å². The van der Waals surface area contributed by atoms with E-state index in [1.54, 1.807) is 18.4 Å². The number of aromatic nitrogens is 2. The lowest BCUT2D eigenvalue weighted by Gasteiger charge is -2.01. The van der Waals surface area contributed by atoms with E-state index < -0.39 is 0 Å². The van der Waals surface area contributed by atoms with Gasteiger partial charge in [-0.1, -0.05) is 0 Å². The number of anilines is 1. The summed E-state index contributed by atoms with van der Waals surface area (Å²) < 4.78 is 7.19.